The summed E-state index contributed by atoms with van der Waals surface area (Å²) in [6, 6.07) is 9.89. The van der Waals surface area contributed by atoms with Gasteiger partial charge in [-0.3, -0.25) is 9.80 Å². The molecule has 0 radical (unpaired) electrons. The van der Waals surface area contributed by atoms with Gasteiger partial charge < -0.3 is 4.74 Å². The number of hydrogen-bond donors (Lipinski definition) is 0. The molecule has 1 aliphatic carbocycles. The zero-order valence-corrected chi connectivity index (χ0v) is 16.3. The van der Waals surface area contributed by atoms with Crippen molar-refractivity contribution in [2.24, 2.45) is 5.92 Å². The van der Waals surface area contributed by atoms with E-state index in [0.29, 0.717) is 0 Å². The molecule has 2 aliphatic heterocycles. The second-order valence-corrected chi connectivity index (χ2v) is 8.27. The van der Waals surface area contributed by atoms with Crippen LogP contribution in [0.2, 0.25) is 0 Å². The summed E-state index contributed by atoms with van der Waals surface area (Å²) >= 11 is 0. The number of rotatable bonds is 5. The topological polar surface area (TPSA) is 15.7 Å². The Morgan fingerprint density at radius 3 is 2.69 bits per heavy atom. The largest absolute Gasteiger partial charge is 0.496 e. The highest BCUT2D eigenvalue weighted by atomic mass is 16.5. The maximum atomic E-state index is 5.49. The second kappa shape index (κ2) is 8.58. The van der Waals surface area contributed by atoms with E-state index in [2.05, 4.69) is 34.1 Å². The number of ether oxygens (including phenoxy) is 1. The van der Waals surface area contributed by atoms with E-state index in [1.54, 1.807) is 7.11 Å². The van der Waals surface area contributed by atoms with Crippen LogP contribution in [0.15, 0.2) is 30.3 Å². The Balaban J connectivity index is 1.47. The Hall–Kier alpha value is -1.32. The van der Waals surface area contributed by atoms with Crippen molar-refractivity contribution in [2.45, 2.75) is 57.0 Å². The maximum Gasteiger partial charge on any atom is 0.126 e. The Bertz CT molecular complexity index is 608. The fraction of sp³-hybridized carbons (Fsp3) is 0.652. The predicted molar refractivity (Wildman–Crippen MR) is 109 cm³/mol. The van der Waals surface area contributed by atoms with Crippen molar-refractivity contribution >= 4 is 6.08 Å². The lowest BCUT2D eigenvalue weighted by Crippen LogP contribution is -2.60. The number of benzene rings is 1. The van der Waals surface area contributed by atoms with E-state index < -0.39 is 0 Å². The summed E-state index contributed by atoms with van der Waals surface area (Å²) in [6.45, 7) is 4.90. The first-order chi connectivity index (χ1) is 12.9. The van der Waals surface area contributed by atoms with Gasteiger partial charge in [-0.2, -0.15) is 0 Å². The van der Waals surface area contributed by atoms with Gasteiger partial charge in [-0.25, -0.2) is 0 Å². The fourth-order valence-electron chi connectivity index (χ4n) is 5.59. The number of para-hydroxylation sites is 1. The van der Waals surface area contributed by atoms with Crippen molar-refractivity contribution in [3.05, 3.63) is 35.9 Å². The highest BCUT2D eigenvalue weighted by Crippen LogP contribution is 2.37. The quantitative estimate of drug-likeness (QED) is 0.777. The van der Waals surface area contributed by atoms with E-state index in [-0.39, 0.29) is 0 Å². The van der Waals surface area contributed by atoms with Gasteiger partial charge in [0.15, 0.2) is 0 Å². The zero-order valence-electron chi connectivity index (χ0n) is 16.3. The van der Waals surface area contributed by atoms with Gasteiger partial charge in [-0.1, -0.05) is 49.6 Å². The van der Waals surface area contributed by atoms with Crippen LogP contribution in [-0.2, 0) is 0 Å². The first kappa shape index (κ1) is 18.1. The molecule has 0 spiro atoms. The molecule has 2 unspecified atom stereocenters. The summed E-state index contributed by atoms with van der Waals surface area (Å²) in [5.41, 5.74) is 1.18. The molecule has 0 N–H and O–H groups in total. The van der Waals surface area contributed by atoms with Crippen molar-refractivity contribution in [1.29, 1.82) is 0 Å². The van der Waals surface area contributed by atoms with E-state index in [0.717, 1.165) is 30.3 Å². The van der Waals surface area contributed by atoms with E-state index in [4.69, 9.17) is 4.74 Å². The van der Waals surface area contributed by atoms with Gasteiger partial charge in [0.2, 0.25) is 0 Å². The SMILES string of the molecule is COc1ccccc1/C=C/CN1CCN2CCCC2C1C1CCCCC1. The molecule has 1 aromatic carbocycles. The molecular weight excluding hydrogens is 320 g/mol. The molecule has 1 saturated carbocycles. The smallest absolute Gasteiger partial charge is 0.126 e. The summed E-state index contributed by atoms with van der Waals surface area (Å²) in [5.74, 6) is 1.88. The second-order valence-electron chi connectivity index (χ2n) is 8.27. The average Bonchev–Trinajstić information content (AvgIpc) is 3.17. The molecule has 26 heavy (non-hydrogen) atoms. The number of hydrogen-bond acceptors (Lipinski definition) is 3. The van der Waals surface area contributed by atoms with Gasteiger partial charge >= 0.3 is 0 Å². The molecule has 3 fully saturated rings. The molecule has 2 atom stereocenters. The van der Waals surface area contributed by atoms with Crippen LogP contribution in [0.5, 0.6) is 5.75 Å². The van der Waals surface area contributed by atoms with Crippen molar-refractivity contribution in [1.82, 2.24) is 9.80 Å². The minimum atomic E-state index is 0.772. The van der Waals surface area contributed by atoms with E-state index in [1.807, 2.05) is 12.1 Å². The average molecular weight is 355 g/mol. The third-order valence-corrected chi connectivity index (χ3v) is 6.81. The monoisotopic (exact) mass is 354 g/mol. The first-order valence-corrected chi connectivity index (χ1v) is 10.6. The van der Waals surface area contributed by atoms with Crippen molar-refractivity contribution in [3.8, 4) is 5.75 Å². The first-order valence-electron chi connectivity index (χ1n) is 10.6. The number of piperazine rings is 1. The summed E-state index contributed by atoms with van der Waals surface area (Å²) in [6.07, 6.45) is 14.6. The Morgan fingerprint density at radius 1 is 1.00 bits per heavy atom. The molecule has 142 valence electrons. The number of methoxy groups -OCH3 is 1. The van der Waals surface area contributed by atoms with Gasteiger partial charge in [0.25, 0.3) is 0 Å². The van der Waals surface area contributed by atoms with Gasteiger partial charge in [0.05, 0.1) is 7.11 Å². The zero-order chi connectivity index (χ0) is 17.8. The highest BCUT2D eigenvalue weighted by molar-refractivity contribution is 5.57. The third kappa shape index (κ3) is 3.84. The van der Waals surface area contributed by atoms with Crippen molar-refractivity contribution < 1.29 is 4.74 Å². The van der Waals surface area contributed by atoms with Crippen LogP contribution < -0.4 is 4.74 Å². The molecule has 1 aromatic rings. The minimum absolute atomic E-state index is 0.772. The fourth-order valence-corrected chi connectivity index (χ4v) is 5.59. The van der Waals surface area contributed by atoms with Crippen LogP contribution in [0.1, 0.15) is 50.5 Å². The minimum Gasteiger partial charge on any atom is -0.496 e. The van der Waals surface area contributed by atoms with Crippen LogP contribution in [0.25, 0.3) is 6.08 Å². The summed E-state index contributed by atoms with van der Waals surface area (Å²) < 4.78 is 5.49. The molecule has 0 bridgehead atoms. The van der Waals surface area contributed by atoms with Gasteiger partial charge in [0.1, 0.15) is 5.75 Å². The molecule has 3 nitrogen and oxygen atoms in total. The maximum absolute atomic E-state index is 5.49. The lowest BCUT2D eigenvalue weighted by molar-refractivity contribution is 0.00831. The van der Waals surface area contributed by atoms with Crippen LogP contribution in [0.3, 0.4) is 0 Å². The van der Waals surface area contributed by atoms with Crippen molar-refractivity contribution in [2.75, 3.05) is 33.3 Å². The van der Waals surface area contributed by atoms with Gasteiger partial charge in [-0.15, -0.1) is 0 Å². The Morgan fingerprint density at radius 2 is 1.85 bits per heavy atom. The molecule has 0 aromatic heterocycles. The van der Waals surface area contributed by atoms with Gasteiger partial charge in [0, 0.05) is 37.3 Å². The summed E-state index contributed by atoms with van der Waals surface area (Å²) in [5, 5.41) is 0. The summed E-state index contributed by atoms with van der Waals surface area (Å²) in [7, 11) is 1.76. The molecular formula is C23H34N2O. The highest BCUT2D eigenvalue weighted by Gasteiger charge is 2.42. The molecule has 3 aliphatic rings. The summed E-state index contributed by atoms with van der Waals surface area (Å²) in [4.78, 5) is 5.59. The third-order valence-electron chi connectivity index (χ3n) is 6.81. The number of nitrogens with zero attached hydrogens (tertiary/aromatic N) is 2. The van der Waals surface area contributed by atoms with Crippen LogP contribution in [-0.4, -0.2) is 55.2 Å². The standard InChI is InChI=1S/C23H34N2O/c1-26-22-14-6-5-9-19(22)12-7-16-25-18-17-24-15-8-13-21(24)23(25)20-10-3-2-4-11-20/h5-7,9,12,14,20-21,23H,2-4,8,10-11,13,15-18H2,1H3/b12-7+. The molecule has 2 heterocycles. The molecule has 0 amide bonds. The Kier molecular flexibility index (Phi) is 5.96. The van der Waals surface area contributed by atoms with Crippen molar-refractivity contribution in [3.63, 3.8) is 0 Å². The van der Waals surface area contributed by atoms with Gasteiger partial charge in [-0.05, 0) is 44.2 Å². The lowest BCUT2D eigenvalue weighted by atomic mass is 9.78. The number of fused-ring (bicyclic) bond motifs is 1. The van der Waals surface area contributed by atoms with Crippen LogP contribution in [0, 0.1) is 5.92 Å². The van der Waals surface area contributed by atoms with Crippen LogP contribution >= 0.6 is 0 Å². The Labute approximate surface area is 159 Å². The predicted octanol–water partition coefficient (Wildman–Crippen LogP) is 4.44. The van der Waals surface area contributed by atoms with E-state index in [1.165, 1.54) is 70.1 Å². The van der Waals surface area contributed by atoms with E-state index in [9.17, 15) is 0 Å². The van der Waals surface area contributed by atoms with E-state index >= 15 is 0 Å². The van der Waals surface area contributed by atoms with Crippen LogP contribution in [0.4, 0.5) is 0 Å². The normalized spacial score (nSPS) is 28.5. The molecule has 3 heteroatoms. The lowest BCUT2D eigenvalue weighted by Gasteiger charge is -2.49. The molecule has 2 saturated heterocycles. The molecule has 4 rings (SSSR count).